The molecule has 2 nitrogen and oxygen atoms in total. The molecule has 0 aliphatic rings. The van der Waals surface area contributed by atoms with Gasteiger partial charge in [0, 0.05) is 0 Å². The third-order valence-corrected chi connectivity index (χ3v) is 2.33. The van der Waals surface area contributed by atoms with Crippen molar-refractivity contribution >= 4 is 8.69 Å². The summed E-state index contributed by atoms with van der Waals surface area (Å²) in [5.41, 5.74) is 0. The van der Waals surface area contributed by atoms with Crippen LogP contribution >= 0.6 is 8.69 Å². The molecule has 0 aromatic rings. The topological polar surface area (TPSA) is 26.3 Å². The Morgan fingerprint density at radius 2 is 2.09 bits per heavy atom. The molecule has 0 radical (unpaired) electrons. The first-order valence-electron chi connectivity index (χ1n) is 4.40. The summed E-state index contributed by atoms with van der Waals surface area (Å²) in [6, 6.07) is 0. The molecule has 0 bridgehead atoms. The minimum atomic E-state index is -1.01. The minimum absolute atomic E-state index is 0.194. The fourth-order valence-electron chi connectivity index (χ4n) is 1.02. The van der Waals surface area contributed by atoms with Gasteiger partial charge in [0.05, 0.1) is 6.10 Å². The summed E-state index contributed by atoms with van der Waals surface area (Å²) in [6.45, 7) is 4.18. The highest BCUT2D eigenvalue weighted by atomic mass is 31.1. The van der Waals surface area contributed by atoms with Gasteiger partial charge in [-0.3, -0.25) is 4.57 Å². The van der Waals surface area contributed by atoms with E-state index in [2.05, 4.69) is 6.92 Å². The summed E-state index contributed by atoms with van der Waals surface area (Å²) in [6.07, 6.45) is 6.29. The van der Waals surface area contributed by atoms with Gasteiger partial charge in [-0.2, -0.15) is 0 Å². The molecule has 11 heavy (non-hydrogen) atoms. The zero-order chi connectivity index (χ0) is 8.53. The molecule has 0 aliphatic heterocycles. The van der Waals surface area contributed by atoms with Crippen molar-refractivity contribution in [2.24, 2.45) is 0 Å². The van der Waals surface area contributed by atoms with E-state index < -0.39 is 8.69 Å². The molecule has 0 saturated carbocycles. The number of unbranched alkanes of at least 4 members (excludes halogenated alkanes) is 3. The van der Waals surface area contributed by atoms with E-state index in [1.54, 1.807) is 0 Å². The van der Waals surface area contributed by atoms with Gasteiger partial charge in [0.2, 0.25) is 0 Å². The molecule has 0 aromatic heterocycles. The summed E-state index contributed by atoms with van der Waals surface area (Å²) in [4.78, 5) is 0. The Morgan fingerprint density at radius 3 is 2.64 bits per heavy atom. The summed E-state index contributed by atoms with van der Waals surface area (Å²) in [5, 5.41) is 0. The van der Waals surface area contributed by atoms with Crippen LogP contribution in [0.4, 0.5) is 0 Å². The average Bonchev–Trinajstić information content (AvgIpc) is 1.99. The van der Waals surface area contributed by atoms with Crippen LogP contribution < -0.4 is 0 Å². The zero-order valence-corrected chi connectivity index (χ0v) is 8.66. The molecule has 0 aliphatic carbocycles. The van der Waals surface area contributed by atoms with E-state index >= 15 is 0 Å². The normalized spacial score (nSPS) is 14.4. The maximum atomic E-state index is 10.1. The van der Waals surface area contributed by atoms with Crippen molar-refractivity contribution in [2.75, 3.05) is 0 Å². The van der Waals surface area contributed by atoms with Crippen molar-refractivity contribution in [2.45, 2.75) is 52.1 Å². The van der Waals surface area contributed by atoms with Crippen molar-refractivity contribution in [3.05, 3.63) is 0 Å². The summed E-state index contributed by atoms with van der Waals surface area (Å²) >= 11 is 0. The Hall–Kier alpha value is 0.190. The zero-order valence-electron chi connectivity index (χ0n) is 7.51. The lowest BCUT2D eigenvalue weighted by Crippen LogP contribution is -2.00. The van der Waals surface area contributed by atoms with Gasteiger partial charge in [0.25, 0.3) is 0 Å². The predicted octanol–water partition coefficient (Wildman–Crippen LogP) is 3.03. The van der Waals surface area contributed by atoms with Gasteiger partial charge in [0.1, 0.15) is 0 Å². The van der Waals surface area contributed by atoms with Gasteiger partial charge in [-0.25, -0.2) is 0 Å². The highest BCUT2D eigenvalue weighted by molar-refractivity contribution is 7.17. The number of rotatable bonds is 7. The average molecular weight is 178 g/mol. The van der Waals surface area contributed by atoms with Gasteiger partial charge in [-0.1, -0.05) is 32.6 Å². The fourth-order valence-corrected chi connectivity index (χ4v) is 1.35. The molecular weight excluding hydrogens is 159 g/mol. The fraction of sp³-hybridized carbons (Fsp3) is 1.00. The predicted molar refractivity (Wildman–Crippen MR) is 49.7 cm³/mol. The molecule has 0 spiro atoms. The largest absolute Gasteiger partial charge is 0.329 e. The standard InChI is InChI=1S/C8H19O2P/c1-3-4-5-6-7-8(2)10-11-9/h8H,3-7,11H2,1-2H3. The molecule has 68 valence electrons. The maximum absolute atomic E-state index is 10.1. The second kappa shape index (κ2) is 8.29. The lowest BCUT2D eigenvalue weighted by Gasteiger charge is -2.06. The van der Waals surface area contributed by atoms with E-state index in [0.29, 0.717) is 0 Å². The van der Waals surface area contributed by atoms with Crippen LogP contribution in [-0.4, -0.2) is 6.10 Å². The lowest BCUT2D eigenvalue weighted by atomic mass is 10.1. The summed E-state index contributed by atoms with van der Waals surface area (Å²) in [5.74, 6) is 0. The molecule has 3 heteroatoms. The Kier molecular flexibility index (Phi) is 8.43. The Morgan fingerprint density at radius 1 is 1.36 bits per heavy atom. The van der Waals surface area contributed by atoms with Crippen molar-refractivity contribution < 1.29 is 9.09 Å². The molecule has 0 heterocycles. The maximum Gasteiger partial charge on any atom is 0.180 e. The van der Waals surface area contributed by atoms with E-state index in [1.807, 2.05) is 6.92 Å². The SMILES string of the molecule is CCCCCCC(C)O[PH2]=O. The van der Waals surface area contributed by atoms with Gasteiger partial charge < -0.3 is 4.52 Å². The van der Waals surface area contributed by atoms with Crippen molar-refractivity contribution in [3.8, 4) is 0 Å². The first-order chi connectivity index (χ1) is 5.31. The van der Waals surface area contributed by atoms with Crippen LogP contribution in [-0.2, 0) is 9.09 Å². The van der Waals surface area contributed by atoms with Gasteiger partial charge in [-0.15, -0.1) is 0 Å². The van der Waals surface area contributed by atoms with Crippen LogP contribution in [0.15, 0.2) is 0 Å². The van der Waals surface area contributed by atoms with E-state index in [-0.39, 0.29) is 6.10 Å². The first-order valence-corrected chi connectivity index (χ1v) is 5.34. The Bertz CT molecular complexity index is 96.1. The molecule has 2 atom stereocenters. The molecule has 0 N–H and O–H groups in total. The quantitative estimate of drug-likeness (QED) is 0.442. The van der Waals surface area contributed by atoms with E-state index in [9.17, 15) is 4.57 Å². The Balaban J connectivity index is 3.03. The first kappa shape index (κ1) is 11.2. The van der Waals surface area contributed by atoms with Crippen LogP contribution in [0, 0.1) is 0 Å². The van der Waals surface area contributed by atoms with Crippen molar-refractivity contribution in [1.82, 2.24) is 0 Å². The van der Waals surface area contributed by atoms with E-state index in [0.717, 1.165) is 6.42 Å². The van der Waals surface area contributed by atoms with Crippen LogP contribution in [0.3, 0.4) is 0 Å². The highest BCUT2D eigenvalue weighted by Crippen LogP contribution is 2.11. The molecule has 0 saturated heterocycles. The van der Waals surface area contributed by atoms with Gasteiger partial charge in [-0.05, 0) is 13.3 Å². The molecule has 0 aromatic carbocycles. The number of hydrogen-bond acceptors (Lipinski definition) is 2. The van der Waals surface area contributed by atoms with E-state index in [1.165, 1.54) is 25.7 Å². The highest BCUT2D eigenvalue weighted by Gasteiger charge is 1.98. The van der Waals surface area contributed by atoms with Crippen LogP contribution in [0.5, 0.6) is 0 Å². The monoisotopic (exact) mass is 178 g/mol. The summed E-state index contributed by atoms with van der Waals surface area (Å²) < 4.78 is 15.0. The number of hydrogen-bond donors (Lipinski definition) is 0. The molecule has 0 fully saturated rings. The molecule has 2 unspecified atom stereocenters. The third-order valence-electron chi connectivity index (χ3n) is 1.75. The van der Waals surface area contributed by atoms with Crippen LogP contribution in [0.1, 0.15) is 46.0 Å². The molecule has 0 rings (SSSR count). The summed E-state index contributed by atoms with van der Waals surface area (Å²) in [7, 11) is -1.01. The smallest absolute Gasteiger partial charge is 0.180 e. The van der Waals surface area contributed by atoms with Crippen LogP contribution in [0.25, 0.3) is 0 Å². The van der Waals surface area contributed by atoms with E-state index in [4.69, 9.17) is 4.52 Å². The molecular formula is C8H19O2P. The third kappa shape index (κ3) is 8.09. The Labute approximate surface area is 70.6 Å². The second-order valence-electron chi connectivity index (χ2n) is 2.89. The van der Waals surface area contributed by atoms with Gasteiger partial charge >= 0.3 is 0 Å². The second-order valence-corrected chi connectivity index (χ2v) is 3.36. The lowest BCUT2D eigenvalue weighted by molar-refractivity contribution is 0.228. The van der Waals surface area contributed by atoms with Crippen molar-refractivity contribution in [1.29, 1.82) is 0 Å². The molecule has 0 amide bonds. The van der Waals surface area contributed by atoms with Gasteiger partial charge in [0.15, 0.2) is 8.69 Å². The van der Waals surface area contributed by atoms with Crippen LogP contribution in [0.2, 0.25) is 0 Å². The van der Waals surface area contributed by atoms with Crippen molar-refractivity contribution in [3.63, 3.8) is 0 Å². The minimum Gasteiger partial charge on any atom is -0.329 e.